The zero-order valence-electron chi connectivity index (χ0n) is 16.1. The van der Waals surface area contributed by atoms with Crippen LogP contribution in [0.1, 0.15) is 37.4 Å². The topological polar surface area (TPSA) is 91.7 Å². The molecule has 3 atom stereocenters. The number of hydrogen-bond donors (Lipinski definition) is 3. The number of carbonyl (C=O) groups is 1. The van der Waals surface area contributed by atoms with E-state index in [1.807, 2.05) is 0 Å². The van der Waals surface area contributed by atoms with Crippen LogP contribution in [0.5, 0.6) is 5.75 Å². The van der Waals surface area contributed by atoms with E-state index in [1.54, 1.807) is 18.2 Å². The summed E-state index contributed by atoms with van der Waals surface area (Å²) in [5.74, 6) is -0.559. The zero-order chi connectivity index (χ0) is 19.4. The van der Waals surface area contributed by atoms with Gasteiger partial charge in [0.2, 0.25) is 0 Å². The average molecular weight is 449 g/mol. The normalized spacial score (nSPS) is 19.7. The van der Waals surface area contributed by atoms with Gasteiger partial charge in [0.05, 0.1) is 24.9 Å². The smallest absolute Gasteiger partial charge is 0.303 e. The molecule has 1 aromatic heterocycles. The van der Waals surface area contributed by atoms with Crippen LogP contribution < -0.4 is 10.1 Å². The van der Waals surface area contributed by atoms with Crippen LogP contribution in [0.3, 0.4) is 0 Å². The highest BCUT2D eigenvalue weighted by Crippen LogP contribution is 2.34. The van der Waals surface area contributed by atoms with E-state index in [9.17, 15) is 14.3 Å². The maximum atomic E-state index is 14.5. The number of halogens is 3. The van der Waals surface area contributed by atoms with E-state index < -0.39 is 17.9 Å². The van der Waals surface area contributed by atoms with E-state index >= 15 is 0 Å². The Kier molecular flexibility index (Phi) is 10.1. The first-order valence-electron chi connectivity index (χ1n) is 9.22. The Labute approximate surface area is 181 Å². The summed E-state index contributed by atoms with van der Waals surface area (Å²) in [6.45, 7) is 1.50. The van der Waals surface area contributed by atoms with E-state index in [0.717, 1.165) is 19.2 Å². The summed E-state index contributed by atoms with van der Waals surface area (Å²) in [4.78, 5) is 15.2. The van der Waals surface area contributed by atoms with Crippen LogP contribution in [0.2, 0.25) is 0 Å². The van der Waals surface area contributed by atoms with Gasteiger partial charge in [0.15, 0.2) is 0 Å². The van der Waals surface area contributed by atoms with Crippen molar-refractivity contribution in [3.8, 4) is 5.75 Å². The molecule has 3 N–H and O–H groups in total. The number of ether oxygens (including phenoxy) is 1. The van der Waals surface area contributed by atoms with Crippen LogP contribution in [0.25, 0.3) is 10.9 Å². The van der Waals surface area contributed by atoms with Crippen molar-refractivity contribution in [1.29, 1.82) is 0 Å². The van der Waals surface area contributed by atoms with Crippen LogP contribution in [0.4, 0.5) is 4.39 Å². The number of carboxylic acid groups (broad SMARTS) is 1. The van der Waals surface area contributed by atoms with Gasteiger partial charge < -0.3 is 20.3 Å². The van der Waals surface area contributed by atoms with E-state index in [0.29, 0.717) is 36.0 Å². The molecule has 0 bridgehead atoms. The molecule has 0 radical (unpaired) electrons. The van der Waals surface area contributed by atoms with Crippen molar-refractivity contribution in [1.82, 2.24) is 10.3 Å². The van der Waals surface area contributed by atoms with Crippen molar-refractivity contribution in [3.63, 3.8) is 0 Å². The van der Waals surface area contributed by atoms with Crippen molar-refractivity contribution < 1.29 is 24.1 Å². The Morgan fingerprint density at radius 3 is 2.83 bits per heavy atom. The molecule has 1 saturated heterocycles. The minimum Gasteiger partial charge on any atom is -0.497 e. The molecular formula is C20H27Cl2FN2O4. The van der Waals surface area contributed by atoms with Crippen molar-refractivity contribution in [2.75, 3.05) is 20.2 Å². The largest absolute Gasteiger partial charge is 0.497 e. The summed E-state index contributed by atoms with van der Waals surface area (Å²) in [7, 11) is 1.53. The number of piperidine rings is 1. The fourth-order valence-electron chi connectivity index (χ4n) is 3.97. The molecule has 9 heteroatoms. The lowest BCUT2D eigenvalue weighted by Crippen LogP contribution is -2.37. The molecule has 1 aliphatic rings. The van der Waals surface area contributed by atoms with Gasteiger partial charge in [-0.25, -0.2) is 4.39 Å². The van der Waals surface area contributed by atoms with Crippen molar-refractivity contribution in [2.45, 2.75) is 31.8 Å². The second kappa shape index (κ2) is 11.5. The number of methoxy groups -OCH3 is 1. The lowest BCUT2D eigenvalue weighted by atomic mass is 9.80. The lowest BCUT2D eigenvalue weighted by molar-refractivity contribution is -0.138. The van der Waals surface area contributed by atoms with E-state index in [-0.39, 0.29) is 48.6 Å². The van der Waals surface area contributed by atoms with Gasteiger partial charge in [-0.3, -0.25) is 9.78 Å². The number of rotatable bonds is 7. The number of nitrogens with zero attached hydrogens (tertiary/aromatic N) is 1. The molecule has 2 aromatic rings. The first-order chi connectivity index (χ1) is 13.0. The summed E-state index contributed by atoms with van der Waals surface area (Å²) >= 11 is 0. The molecule has 29 heavy (non-hydrogen) atoms. The molecule has 6 nitrogen and oxygen atoms in total. The molecule has 0 unspecified atom stereocenters. The van der Waals surface area contributed by atoms with Gasteiger partial charge >= 0.3 is 5.97 Å². The number of aliphatic hydroxyl groups excluding tert-OH is 1. The average Bonchev–Trinajstić information content (AvgIpc) is 2.66. The van der Waals surface area contributed by atoms with Crippen LogP contribution in [0, 0.1) is 17.7 Å². The molecule has 1 aliphatic heterocycles. The fourth-order valence-corrected chi connectivity index (χ4v) is 3.97. The van der Waals surface area contributed by atoms with Crippen molar-refractivity contribution >= 4 is 41.7 Å². The van der Waals surface area contributed by atoms with E-state index in [1.165, 1.54) is 7.11 Å². The number of nitrogens with one attached hydrogen (secondary N) is 1. The maximum Gasteiger partial charge on any atom is 0.303 e. The van der Waals surface area contributed by atoms with Gasteiger partial charge in [0.25, 0.3) is 0 Å². The molecule has 1 aromatic carbocycles. The number of fused-ring (bicyclic) bond motifs is 1. The van der Waals surface area contributed by atoms with Gasteiger partial charge in [0.1, 0.15) is 11.6 Å². The molecule has 0 saturated carbocycles. The Morgan fingerprint density at radius 2 is 2.14 bits per heavy atom. The van der Waals surface area contributed by atoms with Crippen molar-refractivity contribution in [2.24, 2.45) is 11.8 Å². The SMILES string of the molecule is COc1ccc2ncc(F)c([C@@H](O)CC[C@@H]3CCNC[C@@H]3CC(=O)O)c2c1.Cl.Cl. The second-order valence-corrected chi connectivity index (χ2v) is 7.11. The first-order valence-corrected chi connectivity index (χ1v) is 9.22. The summed E-state index contributed by atoms with van der Waals surface area (Å²) in [5, 5.41) is 23.6. The highest BCUT2D eigenvalue weighted by molar-refractivity contribution is 5.86. The predicted octanol–water partition coefficient (Wildman–Crippen LogP) is 3.74. The Balaban J connectivity index is 0.00000210. The van der Waals surface area contributed by atoms with Gasteiger partial charge in [-0.2, -0.15) is 0 Å². The molecule has 2 heterocycles. The van der Waals surface area contributed by atoms with Gasteiger partial charge in [-0.1, -0.05) is 0 Å². The first kappa shape index (κ1) is 25.4. The zero-order valence-corrected chi connectivity index (χ0v) is 17.8. The summed E-state index contributed by atoms with van der Waals surface area (Å²) in [6.07, 6.45) is 2.13. The molecule has 0 aliphatic carbocycles. The quantitative estimate of drug-likeness (QED) is 0.597. The number of aliphatic carboxylic acids is 1. The van der Waals surface area contributed by atoms with Gasteiger partial charge in [-0.15, -0.1) is 24.8 Å². The number of hydrogen-bond acceptors (Lipinski definition) is 5. The van der Waals surface area contributed by atoms with Crippen LogP contribution in [-0.2, 0) is 4.79 Å². The molecular weight excluding hydrogens is 422 g/mol. The minimum atomic E-state index is -0.983. The highest BCUT2D eigenvalue weighted by Gasteiger charge is 2.28. The van der Waals surface area contributed by atoms with Gasteiger partial charge in [-0.05, 0) is 62.4 Å². The number of aromatic nitrogens is 1. The summed E-state index contributed by atoms with van der Waals surface area (Å²) in [5.41, 5.74) is 0.819. The van der Waals surface area contributed by atoms with Crippen LogP contribution in [0.15, 0.2) is 24.4 Å². The maximum absolute atomic E-state index is 14.5. The predicted molar refractivity (Wildman–Crippen MR) is 114 cm³/mol. The third-order valence-electron chi connectivity index (χ3n) is 5.41. The van der Waals surface area contributed by atoms with E-state index in [2.05, 4.69) is 10.3 Å². The number of carboxylic acids is 1. The Morgan fingerprint density at radius 1 is 1.38 bits per heavy atom. The monoisotopic (exact) mass is 448 g/mol. The molecule has 3 rings (SSSR count). The summed E-state index contributed by atoms with van der Waals surface area (Å²) < 4.78 is 19.7. The number of pyridine rings is 1. The molecule has 0 amide bonds. The minimum absolute atomic E-state index is 0. The van der Waals surface area contributed by atoms with Crippen LogP contribution in [-0.4, -0.2) is 41.4 Å². The van der Waals surface area contributed by atoms with Gasteiger partial charge in [0, 0.05) is 17.4 Å². The summed E-state index contributed by atoms with van der Waals surface area (Å²) in [6, 6.07) is 5.16. The fraction of sp³-hybridized carbons (Fsp3) is 0.500. The molecule has 1 fully saturated rings. The third-order valence-corrected chi connectivity index (χ3v) is 5.41. The standard InChI is InChI=1S/C20H25FN2O4.2ClH/c1-27-14-3-4-17-15(9-14)20(16(21)11-23-17)18(24)5-2-12-6-7-22-10-13(12)8-19(25)26;;/h3-4,9,11-13,18,22,24H,2,5-8,10H2,1H3,(H,25,26);2*1H/t12-,13+,18+;;/m1../s1. The number of benzene rings is 1. The van der Waals surface area contributed by atoms with Crippen molar-refractivity contribution in [3.05, 3.63) is 35.8 Å². The molecule has 0 spiro atoms. The Bertz CT molecular complexity index is 824. The Hall–Kier alpha value is -1.67. The van der Waals surface area contributed by atoms with Crippen LogP contribution >= 0.6 is 24.8 Å². The lowest BCUT2D eigenvalue weighted by Gasteiger charge is -2.32. The second-order valence-electron chi connectivity index (χ2n) is 7.11. The molecule has 162 valence electrons. The number of aliphatic hydroxyl groups is 1. The third kappa shape index (κ3) is 6.15. The van der Waals surface area contributed by atoms with E-state index in [4.69, 9.17) is 9.84 Å². The highest BCUT2D eigenvalue weighted by atomic mass is 35.5.